The van der Waals surface area contributed by atoms with E-state index in [0.29, 0.717) is 0 Å². The summed E-state index contributed by atoms with van der Waals surface area (Å²) in [4.78, 5) is 19.8. The highest BCUT2D eigenvalue weighted by molar-refractivity contribution is 7.89. The smallest absolute Gasteiger partial charge is 0.321 e. The summed E-state index contributed by atoms with van der Waals surface area (Å²) in [6.07, 6.45) is 0. The molecule has 0 radical (unpaired) electrons. The van der Waals surface area contributed by atoms with E-state index in [9.17, 15) is 23.3 Å². The predicted octanol–water partition coefficient (Wildman–Crippen LogP) is 1.000. The van der Waals surface area contributed by atoms with Crippen molar-refractivity contribution >= 4 is 33.3 Å². The van der Waals surface area contributed by atoms with E-state index < -0.39 is 37.5 Å². The van der Waals surface area contributed by atoms with E-state index >= 15 is 0 Å². The van der Waals surface area contributed by atoms with Gasteiger partial charge in [0.25, 0.3) is 5.69 Å². The van der Waals surface area contributed by atoms with E-state index in [2.05, 4.69) is 0 Å². The van der Waals surface area contributed by atoms with E-state index in [1.165, 1.54) is 0 Å². The molecule has 0 saturated heterocycles. The number of carboxylic acids is 1. The molecule has 0 fully saturated rings. The van der Waals surface area contributed by atoms with Crippen molar-refractivity contribution in [2.24, 2.45) is 0 Å². The minimum Gasteiger partial charge on any atom is -0.480 e. The first-order valence-corrected chi connectivity index (χ1v) is 6.70. The van der Waals surface area contributed by atoms with Crippen LogP contribution in [0.4, 0.5) is 5.69 Å². The van der Waals surface area contributed by atoms with Gasteiger partial charge in [-0.2, -0.15) is 4.72 Å². The Morgan fingerprint density at radius 1 is 1.53 bits per heavy atom. The Labute approximate surface area is 113 Å². The number of carboxylic acid groups (broad SMARTS) is 1. The molecule has 1 rings (SSSR count). The first kappa shape index (κ1) is 15.3. The molecule has 0 aliphatic heterocycles. The summed E-state index contributed by atoms with van der Waals surface area (Å²) in [5.74, 6) is -1.40. The summed E-state index contributed by atoms with van der Waals surface area (Å²) >= 11 is 5.55. The molecule has 1 aromatic rings. The molecule has 0 spiro atoms. The maximum absolute atomic E-state index is 11.9. The fourth-order valence-electron chi connectivity index (χ4n) is 1.21. The molecule has 10 heteroatoms. The van der Waals surface area contributed by atoms with Crippen LogP contribution in [0.5, 0.6) is 0 Å². The maximum Gasteiger partial charge on any atom is 0.321 e. The van der Waals surface area contributed by atoms with Gasteiger partial charge < -0.3 is 5.11 Å². The molecule has 0 aliphatic rings. The van der Waals surface area contributed by atoms with Gasteiger partial charge in [-0.15, -0.1) is 0 Å². The molecule has 1 aromatic carbocycles. The van der Waals surface area contributed by atoms with Gasteiger partial charge in [-0.1, -0.05) is 11.6 Å². The number of halogens is 1. The maximum atomic E-state index is 11.9. The summed E-state index contributed by atoms with van der Waals surface area (Å²) in [6, 6.07) is 1.56. The number of nitro benzene ring substituents is 1. The molecular weight excluding hydrogens is 300 g/mol. The monoisotopic (exact) mass is 308 g/mol. The van der Waals surface area contributed by atoms with Crippen LogP contribution in [0, 0.1) is 10.1 Å². The van der Waals surface area contributed by atoms with Gasteiger partial charge in [0.1, 0.15) is 6.04 Å². The van der Waals surface area contributed by atoms with Gasteiger partial charge in [-0.05, 0) is 19.1 Å². The molecule has 0 saturated carbocycles. The third kappa shape index (κ3) is 3.63. The van der Waals surface area contributed by atoms with Crippen molar-refractivity contribution in [2.75, 3.05) is 0 Å². The normalized spacial score (nSPS) is 12.9. The number of nitrogens with zero attached hydrogens (tertiary/aromatic N) is 1. The number of nitrogens with one attached hydrogen (secondary N) is 1. The Morgan fingerprint density at radius 3 is 2.58 bits per heavy atom. The van der Waals surface area contributed by atoms with E-state index in [0.717, 1.165) is 25.1 Å². The lowest BCUT2D eigenvalue weighted by Gasteiger charge is -2.10. The van der Waals surface area contributed by atoms with Crippen LogP contribution in [0.2, 0.25) is 5.02 Å². The van der Waals surface area contributed by atoms with Crippen LogP contribution in [0.1, 0.15) is 6.92 Å². The summed E-state index contributed by atoms with van der Waals surface area (Å²) in [5, 5.41) is 19.4. The number of aliphatic carboxylic acids is 1. The van der Waals surface area contributed by atoms with E-state index in [4.69, 9.17) is 16.7 Å². The number of hydrogen-bond acceptors (Lipinski definition) is 5. The molecule has 0 aliphatic carbocycles. The highest BCUT2D eigenvalue weighted by atomic mass is 35.5. The Morgan fingerprint density at radius 2 is 2.11 bits per heavy atom. The number of nitro groups is 1. The van der Waals surface area contributed by atoms with Crippen molar-refractivity contribution < 1.29 is 23.2 Å². The van der Waals surface area contributed by atoms with E-state index in [1.807, 2.05) is 4.72 Å². The number of benzene rings is 1. The molecule has 1 atom stereocenters. The van der Waals surface area contributed by atoms with Gasteiger partial charge in [-0.3, -0.25) is 14.9 Å². The Balaban J connectivity index is 3.29. The second kappa shape index (κ2) is 5.51. The van der Waals surface area contributed by atoms with Gasteiger partial charge in [0.05, 0.1) is 4.92 Å². The summed E-state index contributed by atoms with van der Waals surface area (Å²) < 4.78 is 25.5. The van der Waals surface area contributed by atoms with Crippen molar-refractivity contribution in [1.29, 1.82) is 0 Å². The largest absolute Gasteiger partial charge is 0.480 e. The predicted molar refractivity (Wildman–Crippen MR) is 65.5 cm³/mol. The molecule has 2 N–H and O–H groups in total. The van der Waals surface area contributed by atoms with Crippen molar-refractivity contribution in [1.82, 2.24) is 4.72 Å². The van der Waals surface area contributed by atoms with Crippen molar-refractivity contribution in [2.45, 2.75) is 17.9 Å². The zero-order valence-electron chi connectivity index (χ0n) is 9.53. The summed E-state index contributed by atoms with van der Waals surface area (Å²) in [6.45, 7) is 1.10. The molecule has 0 aromatic heterocycles. The van der Waals surface area contributed by atoms with Gasteiger partial charge in [0, 0.05) is 11.1 Å². The highest BCUT2D eigenvalue weighted by Gasteiger charge is 2.29. The second-order valence-electron chi connectivity index (χ2n) is 3.55. The minimum absolute atomic E-state index is 0.00284. The number of sulfonamides is 1. The molecule has 0 unspecified atom stereocenters. The first-order chi connectivity index (χ1) is 8.65. The quantitative estimate of drug-likeness (QED) is 0.617. The molecule has 0 amide bonds. The van der Waals surface area contributed by atoms with Crippen LogP contribution in [0.3, 0.4) is 0 Å². The van der Waals surface area contributed by atoms with Gasteiger partial charge in [0.2, 0.25) is 10.0 Å². The molecule has 104 valence electrons. The molecule has 0 heterocycles. The molecule has 19 heavy (non-hydrogen) atoms. The van der Waals surface area contributed by atoms with Crippen LogP contribution in [0.25, 0.3) is 0 Å². The average Bonchev–Trinajstić information content (AvgIpc) is 2.27. The van der Waals surface area contributed by atoms with Gasteiger partial charge in [-0.25, -0.2) is 8.42 Å². The van der Waals surface area contributed by atoms with Gasteiger partial charge in [0.15, 0.2) is 4.90 Å². The second-order valence-corrected chi connectivity index (χ2v) is 5.67. The molecule has 0 bridgehead atoms. The molecular formula is C9H9ClN2O6S. The SMILES string of the molecule is C[C@@H](NS(=O)(=O)c1ccc(Cl)cc1[N+](=O)[O-])C(=O)O. The zero-order chi connectivity index (χ0) is 14.8. The number of rotatable bonds is 5. The van der Waals surface area contributed by atoms with Crippen molar-refractivity contribution in [3.05, 3.63) is 33.3 Å². The van der Waals surface area contributed by atoms with Crippen LogP contribution in [-0.4, -0.2) is 30.5 Å². The number of carbonyl (C=O) groups is 1. The Bertz CT molecular complexity index is 630. The van der Waals surface area contributed by atoms with Crippen LogP contribution in [-0.2, 0) is 14.8 Å². The molecule has 8 nitrogen and oxygen atoms in total. The van der Waals surface area contributed by atoms with E-state index in [-0.39, 0.29) is 5.02 Å². The van der Waals surface area contributed by atoms with Gasteiger partial charge >= 0.3 is 5.97 Å². The van der Waals surface area contributed by atoms with Crippen molar-refractivity contribution in [3.63, 3.8) is 0 Å². The van der Waals surface area contributed by atoms with Crippen LogP contribution in [0.15, 0.2) is 23.1 Å². The lowest BCUT2D eigenvalue weighted by atomic mass is 10.3. The lowest BCUT2D eigenvalue weighted by Crippen LogP contribution is -2.38. The third-order valence-electron chi connectivity index (χ3n) is 2.11. The number of hydrogen-bond donors (Lipinski definition) is 2. The lowest BCUT2D eigenvalue weighted by molar-refractivity contribution is -0.387. The zero-order valence-corrected chi connectivity index (χ0v) is 11.1. The van der Waals surface area contributed by atoms with Crippen molar-refractivity contribution in [3.8, 4) is 0 Å². The highest BCUT2D eigenvalue weighted by Crippen LogP contribution is 2.27. The summed E-state index contributed by atoms with van der Waals surface area (Å²) in [7, 11) is -4.33. The Hall–Kier alpha value is -1.71. The standard InChI is InChI=1S/C9H9ClN2O6S/c1-5(9(13)14)11-19(17,18)8-3-2-6(10)4-7(8)12(15)16/h2-5,11H,1H3,(H,13,14)/t5-/m1/s1. The fourth-order valence-corrected chi connectivity index (χ4v) is 2.72. The minimum atomic E-state index is -4.33. The Kier molecular flexibility index (Phi) is 4.45. The van der Waals surface area contributed by atoms with E-state index in [1.54, 1.807) is 0 Å². The average molecular weight is 309 g/mol. The summed E-state index contributed by atoms with van der Waals surface area (Å²) in [5.41, 5.74) is -0.724. The fraction of sp³-hybridized carbons (Fsp3) is 0.222. The first-order valence-electron chi connectivity index (χ1n) is 4.84. The third-order valence-corrected chi connectivity index (χ3v) is 3.93. The van der Waals surface area contributed by atoms with Crippen LogP contribution < -0.4 is 4.72 Å². The topological polar surface area (TPSA) is 127 Å². The van der Waals surface area contributed by atoms with Crippen LogP contribution >= 0.6 is 11.6 Å².